The average molecular weight is 304 g/mol. The van der Waals surface area contributed by atoms with Gasteiger partial charge in [0.25, 0.3) is 0 Å². The molecule has 1 aromatic heterocycles. The number of allylic oxidation sites excluding steroid dienone is 2. The maximum atomic E-state index is 10.9. The third-order valence-electron chi connectivity index (χ3n) is 4.79. The highest BCUT2D eigenvalue weighted by molar-refractivity contribution is 5.66. The summed E-state index contributed by atoms with van der Waals surface area (Å²) in [6.45, 7) is 4.24. The number of aliphatic carboxylic acids is 1. The molecule has 22 heavy (non-hydrogen) atoms. The van der Waals surface area contributed by atoms with Crippen LogP contribution in [0.5, 0.6) is 0 Å². The van der Waals surface area contributed by atoms with Gasteiger partial charge in [-0.2, -0.15) is 0 Å². The Labute approximate surface area is 133 Å². The van der Waals surface area contributed by atoms with E-state index in [1.807, 2.05) is 6.92 Å². The van der Waals surface area contributed by atoms with Crippen LogP contribution in [0.25, 0.3) is 0 Å². The van der Waals surface area contributed by atoms with E-state index in [4.69, 9.17) is 5.11 Å². The highest BCUT2D eigenvalue weighted by Gasteiger charge is 2.14. The van der Waals surface area contributed by atoms with Gasteiger partial charge in [0.05, 0.1) is 12.0 Å². The van der Waals surface area contributed by atoms with Crippen LogP contribution in [-0.2, 0) is 17.8 Å². The molecular weight excluding hydrogens is 276 g/mol. The Hall–Kier alpha value is -1.58. The minimum atomic E-state index is -0.813. The standard InChI is InChI=1S/C18H28N2O2/c1-14(16-9-4-3-5-10-16)8-6-7-11-17-15(2)19-13-20(17)12-18(21)22/h8,13,16H,3-7,9-12H2,1-2H3,(H,21,22). The molecule has 0 bridgehead atoms. The third-order valence-corrected chi connectivity index (χ3v) is 4.79. The van der Waals surface area contributed by atoms with Crippen molar-refractivity contribution in [1.29, 1.82) is 0 Å². The molecule has 1 aliphatic carbocycles. The lowest BCUT2D eigenvalue weighted by atomic mass is 9.84. The van der Waals surface area contributed by atoms with Crippen LogP contribution in [0.1, 0.15) is 63.3 Å². The molecule has 1 saturated carbocycles. The second-order valence-corrected chi connectivity index (χ2v) is 6.47. The molecule has 0 spiro atoms. The Morgan fingerprint density at radius 2 is 2.14 bits per heavy atom. The molecule has 1 aromatic rings. The van der Waals surface area contributed by atoms with Gasteiger partial charge in [0.1, 0.15) is 6.54 Å². The molecule has 4 nitrogen and oxygen atoms in total. The Morgan fingerprint density at radius 3 is 2.82 bits per heavy atom. The molecule has 2 rings (SSSR count). The third kappa shape index (κ3) is 4.72. The van der Waals surface area contributed by atoms with Crippen molar-refractivity contribution in [2.45, 2.75) is 71.8 Å². The quantitative estimate of drug-likeness (QED) is 0.609. The van der Waals surface area contributed by atoms with E-state index >= 15 is 0 Å². The maximum Gasteiger partial charge on any atom is 0.323 e. The fourth-order valence-corrected chi connectivity index (χ4v) is 3.44. The van der Waals surface area contributed by atoms with Gasteiger partial charge in [0.15, 0.2) is 0 Å². The number of aryl methyl sites for hydroxylation is 1. The van der Waals surface area contributed by atoms with Gasteiger partial charge >= 0.3 is 5.97 Å². The van der Waals surface area contributed by atoms with Crippen LogP contribution in [0.2, 0.25) is 0 Å². The lowest BCUT2D eigenvalue weighted by molar-refractivity contribution is -0.137. The molecule has 122 valence electrons. The molecule has 1 fully saturated rings. The van der Waals surface area contributed by atoms with Gasteiger partial charge in [-0.3, -0.25) is 4.79 Å². The molecule has 0 aliphatic heterocycles. The number of hydrogen-bond donors (Lipinski definition) is 1. The van der Waals surface area contributed by atoms with Crippen LogP contribution >= 0.6 is 0 Å². The minimum absolute atomic E-state index is 0.00706. The van der Waals surface area contributed by atoms with Crippen LogP contribution < -0.4 is 0 Å². The summed E-state index contributed by atoms with van der Waals surface area (Å²) in [6, 6.07) is 0. The number of carboxylic acids is 1. The van der Waals surface area contributed by atoms with Crippen molar-refractivity contribution in [2.24, 2.45) is 5.92 Å². The second kappa shape index (κ2) is 8.16. The first-order chi connectivity index (χ1) is 10.6. The van der Waals surface area contributed by atoms with Crippen molar-refractivity contribution in [3.05, 3.63) is 29.4 Å². The minimum Gasteiger partial charge on any atom is -0.480 e. The van der Waals surface area contributed by atoms with Gasteiger partial charge in [-0.1, -0.05) is 30.9 Å². The summed E-state index contributed by atoms with van der Waals surface area (Å²) in [4.78, 5) is 15.1. The SMILES string of the molecule is CC(=CCCCc1c(C)ncn1CC(=O)O)C1CCCCC1. The molecule has 0 aromatic carbocycles. The summed E-state index contributed by atoms with van der Waals surface area (Å²) in [5.74, 6) is -0.0142. The van der Waals surface area contributed by atoms with Crippen molar-refractivity contribution >= 4 is 5.97 Å². The number of rotatable bonds is 7. The van der Waals surface area contributed by atoms with E-state index in [1.54, 1.807) is 16.5 Å². The number of hydrogen-bond acceptors (Lipinski definition) is 2. The fraction of sp³-hybridized carbons (Fsp3) is 0.667. The predicted octanol–water partition coefficient (Wildman–Crippen LogP) is 4.13. The Morgan fingerprint density at radius 1 is 1.41 bits per heavy atom. The monoisotopic (exact) mass is 304 g/mol. The zero-order valence-electron chi connectivity index (χ0n) is 13.8. The highest BCUT2D eigenvalue weighted by atomic mass is 16.4. The summed E-state index contributed by atoms with van der Waals surface area (Å²) >= 11 is 0. The van der Waals surface area contributed by atoms with Gasteiger partial charge in [0.2, 0.25) is 0 Å². The number of unbranched alkanes of at least 4 members (excludes halogenated alkanes) is 1. The smallest absolute Gasteiger partial charge is 0.323 e. The fourth-order valence-electron chi connectivity index (χ4n) is 3.44. The lowest BCUT2D eigenvalue weighted by Crippen LogP contribution is -2.11. The zero-order chi connectivity index (χ0) is 15.9. The van der Waals surface area contributed by atoms with E-state index in [1.165, 1.54) is 32.1 Å². The van der Waals surface area contributed by atoms with Crippen LogP contribution in [-0.4, -0.2) is 20.6 Å². The van der Waals surface area contributed by atoms with E-state index in [2.05, 4.69) is 18.0 Å². The highest BCUT2D eigenvalue weighted by Crippen LogP contribution is 2.29. The van der Waals surface area contributed by atoms with Gasteiger partial charge in [-0.25, -0.2) is 4.98 Å². The second-order valence-electron chi connectivity index (χ2n) is 6.47. The number of carbonyl (C=O) groups is 1. The van der Waals surface area contributed by atoms with E-state index in [0.29, 0.717) is 0 Å². The van der Waals surface area contributed by atoms with Crippen LogP contribution in [0.4, 0.5) is 0 Å². The summed E-state index contributed by atoms with van der Waals surface area (Å²) < 4.78 is 1.76. The van der Waals surface area contributed by atoms with Crippen molar-refractivity contribution in [2.75, 3.05) is 0 Å². The molecule has 0 unspecified atom stereocenters. The summed E-state index contributed by atoms with van der Waals surface area (Å²) in [6.07, 6.45) is 13.9. The van der Waals surface area contributed by atoms with Gasteiger partial charge in [-0.05, 0) is 51.9 Å². The molecule has 1 aliphatic rings. The largest absolute Gasteiger partial charge is 0.480 e. The van der Waals surface area contributed by atoms with Gasteiger partial charge in [-0.15, -0.1) is 0 Å². The van der Waals surface area contributed by atoms with Crippen molar-refractivity contribution in [1.82, 2.24) is 9.55 Å². The lowest BCUT2D eigenvalue weighted by Gasteiger charge is -2.22. The Kier molecular flexibility index (Phi) is 6.22. The van der Waals surface area contributed by atoms with E-state index < -0.39 is 5.97 Å². The number of imidazole rings is 1. The number of aromatic nitrogens is 2. The van der Waals surface area contributed by atoms with Crippen LogP contribution in [0.15, 0.2) is 18.0 Å². The summed E-state index contributed by atoms with van der Waals surface area (Å²) in [5.41, 5.74) is 3.57. The normalized spacial score (nSPS) is 16.9. The molecule has 1 N–H and O–H groups in total. The topological polar surface area (TPSA) is 55.1 Å². The molecule has 1 heterocycles. The zero-order valence-corrected chi connectivity index (χ0v) is 13.8. The molecule has 0 radical (unpaired) electrons. The number of nitrogens with zero attached hydrogens (tertiary/aromatic N) is 2. The van der Waals surface area contributed by atoms with Crippen molar-refractivity contribution in [3.8, 4) is 0 Å². The van der Waals surface area contributed by atoms with E-state index in [9.17, 15) is 4.79 Å². The van der Waals surface area contributed by atoms with Crippen LogP contribution in [0.3, 0.4) is 0 Å². The Balaban J connectivity index is 1.83. The van der Waals surface area contributed by atoms with Crippen molar-refractivity contribution in [3.63, 3.8) is 0 Å². The first-order valence-electron chi connectivity index (χ1n) is 8.47. The summed E-state index contributed by atoms with van der Waals surface area (Å²) in [7, 11) is 0. The first kappa shape index (κ1) is 16.8. The maximum absolute atomic E-state index is 10.9. The van der Waals surface area contributed by atoms with Crippen molar-refractivity contribution < 1.29 is 9.90 Å². The van der Waals surface area contributed by atoms with Gasteiger partial charge < -0.3 is 9.67 Å². The molecule has 4 heteroatoms. The Bertz CT molecular complexity index is 525. The first-order valence-corrected chi connectivity index (χ1v) is 8.47. The molecule has 0 atom stereocenters. The summed E-state index contributed by atoms with van der Waals surface area (Å²) in [5, 5.41) is 8.93. The van der Waals surface area contributed by atoms with E-state index in [-0.39, 0.29) is 6.54 Å². The van der Waals surface area contributed by atoms with Gasteiger partial charge in [0, 0.05) is 5.69 Å². The number of carboxylic acid groups (broad SMARTS) is 1. The molecule has 0 amide bonds. The predicted molar refractivity (Wildman–Crippen MR) is 87.9 cm³/mol. The van der Waals surface area contributed by atoms with E-state index in [0.717, 1.165) is 36.6 Å². The molecular formula is C18H28N2O2. The molecule has 0 saturated heterocycles. The van der Waals surface area contributed by atoms with Crippen LogP contribution in [0, 0.1) is 12.8 Å². The average Bonchev–Trinajstić information content (AvgIpc) is 2.84.